The number of benzene rings is 2. The van der Waals surface area contributed by atoms with Crippen LogP contribution in [0.1, 0.15) is 17.4 Å². The number of hydrogen-bond donors (Lipinski definition) is 2. The average molecular weight is 230 g/mol. The van der Waals surface area contributed by atoms with E-state index >= 15 is 0 Å². The van der Waals surface area contributed by atoms with Crippen molar-refractivity contribution in [3.05, 3.63) is 65.7 Å². The molecule has 0 bridgehead atoms. The van der Waals surface area contributed by atoms with Crippen LogP contribution in [-0.4, -0.2) is 10.2 Å². The second-order valence-corrected chi connectivity index (χ2v) is 3.74. The van der Waals surface area contributed by atoms with Gasteiger partial charge >= 0.3 is 0 Å². The molecular weight excluding hydrogens is 216 g/mol. The smallest absolute Gasteiger partial charge is 0.181 e. The van der Waals surface area contributed by atoms with Crippen LogP contribution >= 0.6 is 0 Å². The maximum absolute atomic E-state index is 9.77. The zero-order chi connectivity index (χ0) is 12.1. The molecule has 3 nitrogen and oxygen atoms in total. The Kier molecular flexibility index (Phi) is 3.75. The van der Waals surface area contributed by atoms with Gasteiger partial charge in [0.05, 0.1) is 6.61 Å². The van der Waals surface area contributed by atoms with Gasteiger partial charge in [0.2, 0.25) is 0 Å². The summed E-state index contributed by atoms with van der Waals surface area (Å²) >= 11 is 0. The first-order chi connectivity index (χ1) is 8.25. The van der Waals surface area contributed by atoms with Crippen molar-refractivity contribution in [1.29, 1.82) is 0 Å². The topological polar surface area (TPSA) is 49.7 Å². The summed E-state index contributed by atoms with van der Waals surface area (Å²) in [4.78, 5) is 0. The number of aliphatic hydroxyl groups excluding tert-OH is 1. The van der Waals surface area contributed by atoms with Crippen LogP contribution < -0.4 is 0 Å². The molecule has 88 valence electrons. The lowest BCUT2D eigenvalue weighted by Gasteiger charge is -2.12. The zero-order valence-electron chi connectivity index (χ0n) is 9.28. The standard InChI is InChI=1S/C14H14O3/c15-13-8-6-12(7-9-13)14(16)17-10-11-4-2-1-3-5-11/h1-9,14-16H,10H2. The van der Waals surface area contributed by atoms with Gasteiger partial charge in [-0.05, 0) is 17.7 Å². The summed E-state index contributed by atoms with van der Waals surface area (Å²) in [5.74, 6) is 0.170. The summed E-state index contributed by atoms with van der Waals surface area (Å²) in [6.07, 6.45) is -0.976. The summed E-state index contributed by atoms with van der Waals surface area (Å²) in [6.45, 7) is 0.350. The molecule has 0 radical (unpaired) electrons. The van der Waals surface area contributed by atoms with E-state index in [1.165, 1.54) is 12.1 Å². The number of hydrogen-bond acceptors (Lipinski definition) is 3. The molecule has 0 aliphatic heterocycles. The molecule has 1 unspecified atom stereocenters. The van der Waals surface area contributed by atoms with Gasteiger partial charge in [-0.1, -0.05) is 42.5 Å². The monoisotopic (exact) mass is 230 g/mol. The fourth-order valence-electron chi connectivity index (χ4n) is 1.48. The van der Waals surface area contributed by atoms with Crippen molar-refractivity contribution in [1.82, 2.24) is 0 Å². The Morgan fingerprint density at radius 2 is 1.59 bits per heavy atom. The fraction of sp³-hybridized carbons (Fsp3) is 0.143. The van der Waals surface area contributed by atoms with Crippen LogP contribution in [0.4, 0.5) is 0 Å². The van der Waals surface area contributed by atoms with Crippen LogP contribution in [-0.2, 0) is 11.3 Å². The number of ether oxygens (including phenoxy) is 1. The van der Waals surface area contributed by atoms with E-state index in [1.807, 2.05) is 30.3 Å². The van der Waals surface area contributed by atoms with Gasteiger partial charge in [-0.3, -0.25) is 0 Å². The highest BCUT2D eigenvalue weighted by atomic mass is 16.6. The fourth-order valence-corrected chi connectivity index (χ4v) is 1.48. The van der Waals surface area contributed by atoms with Gasteiger partial charge in [0.25, 0.3) is 0 Å². The van der Waals surface area contributed by atoms with E-state index in [-0.39, 0.29) is 5.75 Å². The van der Waals surface area contributed by atoms with Crippen molar-refractivity contribution in [2.24, 2.45) is 0 Å². The Morgan fingerprint density at radius 1 is 0.941 bits per heavy atom. The minimum atomic E-state index is -0.976. The van der Waals surface area contributed by atoms with E-state index in [2.05, 4.69) is 0 Å². The molecule has 2 aromatic rings. The maximum atomic E-state index is 9.77. The number of aliphatic hydroxyl groups is 1. The highest BCUT2D eigenvalue weighted by Crippen LogP contribution is 2.18. The lowest BCUT2D eigenvalue weighted by molar-refractivity contribution is -0.111. The molecular formula is C14H14O3. The minimum absolute atomic E-state index is 0.170. The summed E-state index contributed by atoms with van der Waals surface area (Å²) in [7, 11) is 0. The van der Waals surface area contributed by atoms with Gasteiger partial charge in [0, 0.05) is 5.56 Å². The van der Waals surface area contributed by atoms with E-state index < -0.39 is 6.29 Å². The molecule has 0 heterocycles. The Balaban J connectivity index is 1.93. The van der Waals surface area contributed by atoms with Crippen LogP contribution in [0, 0.1) is 0 Å². The maximum Gasteiger partial charge on any atom is 0.181 e. The first-order valence-electron chi connectivity index (χ1n) is 5.38. The summed E-state index contributed by atoms with van der Waals surface area (Å²) in [5, 5.41) is 18.9. The van der Waals surface area contributed by atoms with Gasteiger partial charge < -0.3 is 14.9 Å². The molecule has 0 spiro atoms. The largest absolute Gasteiger partial charge is 0.508 e. The van der Waals surface area contributed by atoms with Crippen molar-refractivity contribution in [2.45, 2.75) is 12.9 Å². The van der Waals surface area contributed by atoms with Crippen LogP contribution in [0.25, 0.3) is 0 Å². The molecule has 2 aromatic carbocycles. The molecule has 0 saturated carbocycles. The minimum Gasteiger partial charge on any atom is -0.508 e. The van der Waals surface area contributed by atoms with E-state index in [4.69, 9.17) is 9.84 Å². The van der Waals surface area contributed by atoms with Crippen LogP contribution in [0.3, 0.4) is 0 Å². The van der Waals surface area contributed by atoms with Crippen molar-refractivity contribution in [3.63, 3.8) is 0 Å². The van der Waals surface area contributed by atoms with Crippen molar-refractivity contribution in [3.8, 4) is 5.75 Å². The Bertz CT molecular complexity index is 451. The second kappa shape index (κ2) is 5.48. The highest BCUT2D eigenvalue weighted by Gasteiger charge is 2.07. The molecule has 0 amide bonds. The second-order valence-electron chi connectivity index (χ2n) is 3.74. The summed E-state index contributed by atoms with van der Waals surface area (Å²) in [6, 6.07) is 15.9. The van der Waals surface area contributed by atoms with Crippen LogP contribution in [0.5, 0.6) is 5.75 Å². The van der Waals surface area contributed by atoms with Crippen molar-refractivity contribution >= 4 is 0 Å². The number of rotatable bonds is 4. The number of aromatic hydroxyl groups is 1. The highest BCUT2D eigenvalue weighted by molar-refractivity contribution is 5.26. The quantitative estimate of drug-likeness (QED) is 0.794. The molecule has 2 N–H and O–H groups in total. The number of phenolic OH excluding ortho intramolecular Hbond substituents is 1. The van der Waals surface area contributed by atoms with E-state index in [0.717, 1.165) is 5.56 Å². The first-order valence-corrected chi connectivity index (χ1v) is 5.38. The summed E-state index contributed by atoms with van der Waals surface area (Å²) < 4.78 is 5.33. The molecule has 0 aliphatic rings. The van der Waals surface area contributed by atoms with Crippen molar-refractivity contribution in [2.75, 3.05) is 0 Å². The summed E-state index contributed by atoms with van der Waals surface area (Å²) in [5.41, 5.74) is 1.63. The Labute approximate surface area is 99.9 Å². The van der Waals surface area contributed by atoms with Gasteiger partial charge in [-0.25, -0.2) is 0 Å². The van der Waals surface area contributed by atoms with Gasteiger partial charge in [-0.2, -0.15) is 0 Å². The SMILES string of the molecule is Oc1ccc(C(O)OCc2ccccc2)cc1. The third-order valence-corrected chi connectivity index (χ3v) is 2.43. The van der Waals surface area contributed by atoms with E-state index in [0.29, 0.717) is 12.2 Å². The van der Waals surface area contributed by atoms with Crippen LogP contribution in [0.2, 0.25) is 0 Å². The molecule has 2 rings (SSSR count). The molecule has 0 fully saturated rings. The first kappa shape index (κ1) is 11.6. The molecule has 0 saturated heterocycles. The van der Waals surface area contributed by atoms with Gasteiger partial charge in [0.1, 0.15) is 5.75 Å². The van der Waals surface area contributed by atoms with Crippen LogP contribution in [0.15, 0.2) is 54.6 Å². The molecule has 3 heteroatoms. The molecule has 1 atom stereocenters. The zero-order valence-corrected chi connectivity index (χ0v) is 9.28. The van der Waals surface area contributed by atoms with Gasteiger partial charge in [-0.15, -0.1) is 0 Å². The number of phenols is 1. The van der Waals surface area contributed by atoms with E-state index in [1.54, 1.807) is 12.1 Å². The van der Waals surface area contributed by atoms with Gasteiger partial charge in [0.15, 0.2) is 6.29 Å². The predicted molar refractivity (Wildman–Crippen MR) is 64.3 cm³/mol. The Morgan fingerprint density at radius 3 is 2.24 bits per heavy atom. The average Bonchev–Trinajstić information content (AvgIpc) is 2.38. The normalized spacial score (nSPS) is 12.3. The third-order valence-electron chi connectivity index (χ3n) is 2.43. The molecule has 17 heavy (non-hydrogen) atoms. The third kappa shape index (κ3) is 3.31. The van der Waals surface area contributed by atoms with Crippen molar-refractivity contribution < 1.29 is 14.9 Å². The lowest BCUT2D eigenvalue weighted by atomic mass is 10.2. The molecule has 0 aromatic heterocycles. The molecule has 0 aliphatic carbocycles. The van der Waals surface area contributed by atoms with E-state index in [9.17, 15) is 5.11 Å². The lowest BCUT2D eigenvalue weighted by Crippen LogP contribution is -2.03. The Hall–Kier alpha value is -1.84. The predicted octanol–water partition coefficient (Wildman–Crippen LogP) is 2.60.